The van der Waals surface area contributed by atoms with Crippen LogP contribution in [0.2, 0.25) is 0 Å². The van der Waals surface area contributed by atoms with Gasteiger partial charge in [-0.05, 0) is 88.0 Å². The molecule has 4 bridgehead atoms. The summed E-state index contributed by atoms with van der Waals surface area (Å²) in [5, 5.41) is 3.68. The van der Waals surface area contributed by atoms with Crippen LogP contribution in [0.5, 0.6) is 0 Å². The second-order valence-electron chi connectivity index (χ2n) is 7.34. The van der Waals surface area contributed by atoms with Crippen LogP contribution in [0.3, 0.4) is 0 Å². The third kappa shape index (κ3) is 2.15. The molecular formula is C17H29N. The Morgan fingerprint density at radius 3 is 2.17 bits per heavy atom. The van der Waals surface area contributed by atoms with Crippen LogP contribution < -0.4 is 5.32 Å². The molecule has 0 amide bonds. The van der Waals surface area contributed by atoms with E-state index in [4.69, 9.17) is 0 Å². The Labute approximate surface area is 112 Å². The predicted molar refractivity (Wildman–Crippen MR) is 77.5 cm³/mol. The van der Waals surface area contributed by atoms with Gasteiger partial charge in [-0.25, -0.2) is 0 Å². The van der Waals surface area contributed by atoms with Crippen LogP contribution in [0.25, 0.3) is 0 Å². The number of hydrogen-bond acceptors (Lipinski definition) is 1. The summed E-state index contributed by atoms with van der Waals surface area (Å²) >= 11 is 0. The van der Waals surface area contributed by atoms with Gasteiger partial charge in [0.25, 0.3) is 0 Å². The molecule has 4 fully saturated rings. The van der Waals surface area contributed by atoms with Crippen LogP contribution in [0.1, 0.15) is 57.8 Å². The summed E-state index contributed by atoms with van der Waals surface area (Å²) in [6.45, 7) is 3.86. The molecule has 4 saturated carbocycles. The fourth-order valence-electron chi connectivity index (χ4n) is 5.83. The highest BCUT2D eigenvalue weighted by Gasteiger charge is 2.53. The van der Waals surface area contributed by atoms with E-state index in [1.165, 1.54) is 38.5 Å². The highest BCUT2D eigenvalue weighted by molar-refractivity contribution is 5.05. The van der Waals surface area contributed by atoms with Gasteiger partial charge in [-0.15, -0.1) is 6.58 Å². The lowest BCUT2D eigenvalue weighted by Crippen LogP contribution is -2.55. The van der Waals surface area contributed by atoms with Crippen LogP contribution in [0.4, 0.5) is 0 Å². The number of allylic oxidation sites excluding steroid dienone is 1. The molecule has 4 aliphatic carbocycles. The zero-order valence-corrected chi connectivity index (χ0v) is 12.0. The molecule has 1 atom stereocenters. The van der Waals surface area contributed by atoms with Crippen LogP contribution in [0, 0.1) is 23.2 Å². The monoisotopic (exact) mass is 247 g/mol. The fraction of sp³-hybridized carbons (Fsp3) is 0.882. The Morgan fingerprint density at radius 1 is 1.17 bits per heavy atom. The molecule has 0 radical (unpaired) electrons. The fourth-order valence-corrected chi connectivity index (χ4v) is 5.83. The van der Waals surface area contributed by atoms with Gasteiger partial charge >= 0.3 is 0 Å². The second kappa shape index (κ2) is 5.00. The van der Waals surface area contributed by atoms with Gasteiger partial charge in [0.1, 0.15) is 0 Å². The van der Waals surface area contributed by atoms with Crippen LogP contribution in [-0.2, 0) is 0 Å². The number of nitrogens with one attached hydrogen (secondary N) is 1. The van der Waals surface area contributed by atoms with E-state index in [-0.39, 0.29) is 0 Å². The topological polar surface area (TPSA) is 12.0 Å². The van der Waals surface area contributed by atoms with Crippen molar-refractivity contribution in [2.45, 2.75) is 63.8 Å². The molecule has 4 aliphatic rings. The van der Waals surface area contributed by atoms with Gasteiger partial charge in [0.05, 0.1) is 0 Å². The molecule has 1 unspecified atom stereocenters. The van der Waals surface area contributed by atoms with Crippen molar-refractivity contribution in [2.75, 3.05) is 7.05 Å². The second-order valence-corrected chi connectivity index (χ2v) is 7.34. The quantitative estimate of drug-likeness (QED) is 0.549. The van der Waals surface area contributed by atoms with Gasteiger partial charge < -0.3 is 5.32 Å². The van der Waals surface area contributed by atoms with E-state index in [0.29, 0.717) is 5.41 Å². The van der Waals surface area contributed by atoms with Crippen LogP contribution >= 0.6 is 0 Å². The van der Waals surface area contributed by atoms with Crippen molar-refractivity contribution in [3.8, 4) is 0 Å². The zero-order valence-electron chi connectivity index (χ0n) is 12.0. The normalized spacial score (nSPS) is 43.1. The summed E-state index contributed by atoms with van der Waals surface area (Å²) < 4.78 is 0. The molecule has 0 spiro atoms. The summed E-state index contributed by atoms with van der Waals surface area (Å²) in [5.41, 5.74) is 0.671. The van der Waals surface area contributed by atoms with E-state index >= 15 is 0 Å². The number of rotatable bonds is 6. The number of unbranched alkanes of at least 4 members (excludes halogenated alkanes) is 1. The van der Waals surface area contributed by atoms with Crippen molar-refractivity contribution in [2.24, 2.45) is 23.2 Å². The average molecular weight is 247 g/mol. The first kappa shape index (κ1) is 12.7. The van der Waals surface area contributed by atoms with E-state index in [0.717, 1.165) is 23.8 Å². The summed E-state index contributed by atoms with van der Waals surface area (Å²) in [4.78, 5) is 0. The Kier molecular flexibility index (Phi) is 3.53. The van der Waals surface area contributed by atoms with Crippen LogP contribution in [0.15, 0.2) is 12.7 Å². The highest BCUT2D eigenvalue weighted by Crippen LogP contribution is 2.61. The lowest BCUT2D eigenvalue weighted by atomic mass is 9.47. The standard InChI is InChI=1S/C17H29N/c1-3-4-5-6-16(18-2)17-10-13-7-14(11-17)9-15(8-13)12-17/h3,13-16,18H,1,4-12H2,2H3. The Bertz CT molecular complexity index is 271. The minimum Gasteiger partial charge on any atom is -0.316 e. The predicted octanol–water partition coefficient (Wildman–Crippen LogP) is 4.15. The Balaban J connectivity index is 1.70. The lowest BCUT2D eigenvalue weighted by molar-refractivity contribution is -0.0741. The van der Waals surface area contributed by atoms with Gasteiger partial charge in [0, 0.05) is 6.04 Å². The Morgan fingerprint density at radius 2 is 1.72 bits per heavy atom. The van der Waals surface area contributed by atoms with E-state index < -0.39 is 0 Å². The lowest BCUT2D eigenvalue weighted by Gasteiger charge is -2.59. The van der Waals surface area contributed by atoms with Crippen molar-refractivity contribution in [3.05, 3.63) is 12.7 Å². The van der Waals surface area contributed by atoms with Crippen LogP contribution in [-0.4, -0.2) is 13.1 Å². The molecule has 0 saturated heterocycles. The first-order valence-electron chi connectivity index (χ1n) is 8.04. The molecule has 4 rings (SSSR count). The highest BCUT2D eigenvalue weighted by atomic mass is 14.9. The molecule has 0 heterocycles. The maximum absolute atomic E-state index is 3.86. The SMILES string of the molecule is C=CCCCC(NC)C12CC3CC(CC(C3)C1)C2. The molecule has 1 heteroatoms. The third-order valence-electron chi connectivity index (χ3n) is 6.07. The minimum atomic E-state index is 0.671. The largest absolute Gasteiger partial charge is 0.316 e. The molecule has 102 valence electrons. The van der Waals surface area contributed by atoms with Crippen molar-refractivity contribution < 1.29 is 0 Å². The Hall–Kier alpha value is -0.300. The van der Waals surface area contributed by atoms with Crippen molar-refractivity contribution >= 4 is 0 Å². The average Bonchev–Trinajstić information content (AvgIpc) is 2.32. The maximum Gasteiger partial charge on any atom is 0.0121 e. The summed E-state index contributed by atoms with van der Waals surface area (Å²) in [7, 11) is 2.19. The third-order valence-corrected chi connectivity index (χ3v) is 6.07. The van der Waals surface area contributed by atoms with Crippen molar-refractivity contribution in [1.29, 1.82) is 0 Å². The smallest absolute Gasteiger partial charge is 0.0121 e. The molecule has 0 aromatic heterocycles. The molecule has 0 aromatic carbocycles. The molecule has 0 aliphatic heterocycles. The summed E-state index contributed by atoms with van der Waals surface area (Å²) in [6.07, 6.45) is 15.2. The van der Waals surface area contributed by atoms with E-state index in [1.54, 1.807) is 19.3 Å². The van der Waals surface area contributed by atoms with E-state index in [2.05, 4.69) is 25.0 Å². The minimum absolute atomic E-state index is 0.671. The van der Waals surface area contributed by atoms with Gasteiger partial charge in [-0.2, -0.15) is 0 Å². The van der Waals surface area contributed by atoms with Gasteiger partial charge in [0.15, 0.2) is 0 Å². The summed E-state index contributed by atoms with van der Waals surface area (Å²) in [6, 6.07) is 0.769. The molecule has 1 N–H and O–H groups in total. The van der Waals surface area contributed by atoms with Crippen molar-refractivity contribution in [1.82, 2.24) is 5.32 Å². The first-order valence-corrected chi connectivity index (χ1v) is 8.04. The first-order chi connectivity index (χ1) is 8.75. The van der Waals surface area contributed by atoms with Crippen molar-refractivity contribution in [3.63, 3.8) is 0 Å². The van der Waals surface area contributed by atoms with Gasteiger partial charge in [0.2, 0.25) is 0 Å². The van der Waals surface area contributed by atoms with E-state index in [9.17, 15) is 0 Å². The van der Waals surface area contributed by atoms with Gasteiger partial charge in [-0.3, -0.25) is 0 Å². The molecular weight excluding hydrogens is 218 g/mol. The zero-order chi connectivity index (χ0) is 12.6. The molecule has 0 aromatic rings. The van der Waals surface area contributed by atoms with Gasteiger partial charge in [-0.1, -0.05) is 6.08 Å². The molecule has 18 heavy (non-hydrogen) atoms. The van der Waals surface area contributed by atoms with E-state index in [1.807, 2.05) is 0 Å². The maximum atomic E-state index is 3.86. The molecule has 1 nitrogen and oxygen atoms in total. The summed E-state index contributed by atoms with van der Waals surface area (Å²) in [5.74, 6) is 3.23. The number of hydrogen-bond donors (Lipinski definition) is 1.